The van der Waals surface area contributed by atoms with Gasteiger partial charge in [0.25, 0.3) is 0 Å². The van der Waals surface area contributed by atoms with Crippen molar-refractivity contribution in [3.63, 3.8) is 0 Å². The molecule has 1 amide bonds. The Morgan fingerprint density at radius 3 is 2.77 bits per heavy atom. The summed E-state index contributed by atoms with van der Waals surface area (Å²) in [7, 11) is -3.04. The summed E-state index contributed by atoms with van der Waals surface area (Å²) >= 11 is 1.26. The second-order valence-corrected chi connectivity index (χ2v) is 10.3. The first-order chi connectivity index (χ1) is 14.4. The minimum Gasteiger partial charge on any atom is -0.352 e. The predicted molar refractivity (Wildman–Crippen MR) is 115 cm³/mol. The molecular formula is C20H21N5O3S2. The van der Waals surface area contributed by atoms with Gasteiger partial charge in [0, 0.05) is 24.0 Å². The minimum absolute atomic E-state index is 0.00789. The van der Waals surface area contributed by atoms with Gasteiger partial charge in [0.1, 0.15) is 0 Å². The van der Waals surface area contributed by atoms with Crippen LogP contribution in [0, 0.1) is 6.92 Å². The number of thioether (sulfide) groups is 1. The quantitative estimate of drug-likeness (QED) is 0.581. The van der Waals surface area contributed by atoms with Gasteiger partial charge in [0.05, 0.1) is 22.9 Å². The van der Waals surface area contributed by atoms with E-state index in [4.69, 9.17) is 0 Å². The van der Waals surface area contributed by atoms with Crippen LogP contribution >= 0.6 is 11.8 Å². The zero-order valence-electron chi connectivity index (χ0n) is 16.4. The van der Waals surface area contributed by atoms with Crippen molar-refractivity contribution >= 4 is 27.5 Å². The monoisotopic (exact) mass is 443 g/mol. The minimum atomic E-state index is -3.04. The molecule has 0 radical (unpaired) electrons. The number of benzene rings is 1. The van der Waals surface area contributed by atoms with Gasteiger partial charge in [-0.15, -0.1) is 10.2 Å². The average molecular weight is 444 g/mol. The summed E-state index contributed by atoms with van der Waals surface area (Å²) < 4.78 is 25.1. The molecule has 0 spiro atoms. The van der Waals surface area contributed by atoms with E-state index in [2.05, 4.69) is 20.5 Å². The lowest BCUT2D eigenvalue weighted by molar-refractivity contribution is -0.119. The van der Waals surface area contributed by atoms with Gasteiger partial charge in [-0.25, -0.2) is 8.42 Å². The summed E-state index contributed by atoms with van der Waals surface area (Å²) in [6.45, 7) is 2.00. The Hall–Kier alpha value is -2.72. The number of carbonyl (C=O) groups excluding carboxylic acids is 1. The molecule has 1 atom stereocenters. The summed E-state index contributed by atoms with van der Waals surface area (Å²) in [6, 6.07) is 11.3. The van der Waals surface area contributed by atoms with Crippen LogP contribution in [0.5, 0.6) is 0 Å². The van der Waals surface area contributed by atoms with E-state index >= 15 is 0 Å². The van der Waals surface area contributed by atoms with Gasteiger partial charge in [-0.1, -0.05) is 30.0 Å². The van der Waals surface area contributed by atoms with Crippen molar-refractivity contribution in [1.29, 1.82) is 0 Å². The van der Waals surface area contributed by atoms with Gasteiger partial charge < -0.3 is 5.32 Å². The molecule has 1 aliphatic rings. The summed E-state index contributed by atoms with van der Waals surface area (Å²) in [4.78, 5) is 16.6. The van der Waals surface area contributed by atoms with E-state index in [1.807, 2.05) is 47.9 Å². The first kappa shape index (κ1) is 20.5. The Bertz CT molecular complexity index is 1160. The number of carbonyl (C=O) groups is 1. The fourth-order valence-electron chi connectivity index (χ4n) is 3.39. The first-order valence-corrected chi connectivity index (χ1v) is 12.3. The number of aryl methyl sites for hydroxylation is 1. The Morgan fingerprint density at radius 1 is 1.23 bits per heavy atom. The van der Waals surface area contributed by atoms with Gasteiger partial charge in [-0.05, 0) is 37.1 Å². The van der Waals surface area contributed by atoms with E-state index in [0.29, 0.717) is 17.4 Å². The maximum atomic E-state index is 12.4. The van der Waals surface area contributed by atoms with Crippen LogP contribution in [-0.2, 0) is 14.6 Å². The molecule has 0 aliphatic carbocycles. The number of para-hydroxylation sites is 1. The fourth-order valence-corrected chi connectivity index (χ4v) is 5.81. The summed E-state index contributed by atoms with van der Waals surface area (Å²) in [5.41, 5.74) is 2.79. The largest absolute Gasteiger partial charge is 0.352 e. The van der Waals surface area contributed by atoms with E-state index in [9.17, 15) is 13.2 Å². The Balaban J connectivity index is 1.57. The number of hydrogen-bond donors (Lipinski definition) is 1. The lowest BCUT2D eigenvalue weighted by Gasteiger charge is -2.13. The van der Waals surface area contributed by atoms with Crippen molar-refractivity contribution in [2.75, 3.05) is 17.3 Å². The van der Waals surface area contributed by atoms with Crippen molar-refractivity contribution in [2.45, 2.75) is 24.5 Å². The normalized spacial score (nSPS) is 17.7. The van der Waals surface area contributed by atoms with Gasteiger partial charge >= 0.3 is 0 Å². The highest BCUT2D eigenvalue weighted by atomic mass is 32.2. The first-order valence-electron chi connectivity index (χ1n) is 9.47. The zero-order chi connectivity index (χ0) is 21.1. The number of amides is 1. The van der Waals surface area contributed by atoms with Crippen LogP contribution in [0.3, 0.4) is 0 Å². The van der Waals surface area contributed by atoms with Crippen molar-refractivity contribution in [2.24, 2.45) is 0 Å². The molecule has 0 saturated carbocycles. The molecular weight excluding hydrogens is 422 g/mol. The number of sulfone groups is 1. The molecule has 1 aromatic carbocycles. The van der Waals surface area contributed by atoms with E-state index in [1.54, 1.807) is 12.4 Å². The smallest absolute Gasteiger partial charge is 0.230 e. The number of rotatable bonds is 6. The van der Waals surface area contributed by atoms with Crippen molar-refractivity contribution < 1.29 is 13.2 Å². The molecule has 156 valence electrons. The fraction of sp³-hybridized carbons (Fsp3) is 0.300. The third kappa shape index (κ3) is 4.54. The van der Waals surface area contributed by atoms with Crippen LogP contribution in [-0.4, -0.2) is 57.4 Å². The molecule has 1 unspecified atom stereocenters. The van der Waals surface area contributed by atoms with Crippen molar-refractivity contribution in [3.8, 4) is 17.1 Å². The number of nitrogens with zero attached hydrogens (tertiary/aromatic N) is 4. The molecule has 3 heterocycles. The van der Waals surface area contributed by atoms with Crippen LogP contribution in [0.4, 0.5) is 0 Å². The van der Waals surface area contributed by atoms with Crippen molar-refractivity contribution in [3.05, 3.63) is 54.4 Å². The average Bonchev–Trinajstić information content (AvgIpc) is 3.30. The lowest BCUT2D eigenvalue weighted by atomic mass is 10.2. The lowest BCUT2D eigenvalue weighted by Crippen LogP contribution is -2.36. The molecule has 4 rings (SSSR count). The second-order valence-electron chi connectivity index (χ2n) is 7.13. The standard InChI is InChI=1S/C20H21N5O3S2/c1-14-5-2-3-7-17(14)25-19(15-6-4-9-21-11-15)23-24-20(25)29-12-18(26)22-16-8-10-30(27,28)13-16/h2-7,9,11,16H,8,10,12-13H2,1H3,(H,22,26). The molecule has 1 fully saturated rings. The number of hydrogen-bond acceptors (Lipinski definition) is 7. The molecule has 3 aromatic rings. The third-order valence-electron chi connectivity index (χ3n) is 4.84. The van der Waals surface area contributed by atoms with Crippen molar-refractivity contribution in [1.82, 2.24) is 25.1 Å². The van der Waals surface area contributed by atoms with Crippen LogP contribution in [0.25, 0.3) is 17.1 Å². The second kappa shape index (κ2) is 8.57. The van der Waals surface area contributed by atoms with E-state index in [-0.39, 0.29) is 29.2 Å². The summed E-state index contributed by atoms with van der Waals surface area (Å²) in [5.74, 6) is 0.675. The van der Waals surface area contributed by atoms with E-state index < -0.39 is 9.84 Å². The van der Waals surface area contributed by atoms with E-state index in [1.165, 1.54) is 11.8 Å². The SMILES string of the molecule is Cc1ccccc1-n1c(SCC(=O)NC2CCS(=O)(=O)C2)nnc1-c1cccnc1. The molecule has 1 N–H and O–H groups in total. The van der Waals surface area contributed by atoms with Crippen LogP contribution in [0.2, 0.25) is 0 Å². The Morgan fingerprint density at radius 2 is 2.07 bits per heavy atom. The van der Waals surface area contributed by atoms with Crippen LogP contribution < -0.4 is 5.32 Å². The summed E-state index contributed by atoms with van der Waals surface area (Å²) in [6.07, 6.45) is 3.88. The third-order valence-corrected chi connectivity index (χ3v) is 7.54. The molecule has 2 aromatic heterocycles. The maximum Gasteiger partial charge on any atom is 0.230 e. The van der Waals surface area contributed by atoms with Crippen LogP contribution in [0.15, 0.2) is 53.9 Å². The van der Waals surface area contributed by atoms with Crippen LogP contribution in [0.1, 0.15) is 12.0 Å². The van der Waals surface area contributed by atoms with Gasteiger partial charge in [-0.3, -0.25) is 14.3 Å². The highest BCUT2D eigenvalue weighted by molar-refractivity contribution is 7.99. The van der Waals surface area contributed by atoms with E-state index in [0.717, 1.165) is 16.8 Å². The predicted octanol–water partition coefficient (Wildman–Crippen LogP) is 2.03. The zero-order valence-corrected chi connectivity index (χ0v) is 18.0. The molecule has 8 nitrogen and oxygen atoms in total. The molecule has 1 saturated heterocycles. The Labute approximate surface area is 179 Å². The van der Waals surface area contributed by atoms with Gasteiger partial charge in [0.15, 0.2) is 20.8 Å². The molecule has 30 heavy (non-hydrogen) atoms. The number of pyridine rings is 1. The molecule has 0 bridgehead atoms. The van der Waals surface area contributed by atoms with Gasteiger partial charge in [-0.2, -0.15) is 0 Å². The highest BCUT2D eigenvalue weighted by Gasteiger charge is 2.29. The Kier molecular flexibility index (Phi) is 5.87. The number of aromatic nitrogens is 4. The van der Waals surface area contributed by atoms with Gasteiger partial charge in [0.2, 0.25) is 5.91 Å². The highest BCUT2D eigenvalue weighted by Crippen LogP contribution is 2.29. The molecule has 10 heteroatoms. The maximum absolute atomic E-state index is 12.4. The summed E-state index contributed by atoms with van der Waals surface area (Å²) in [5, 5.41) is 12.0. The molecule has 1 aliphatic heterocycles. The number of nitrogens with one attached hydrogen (secondary N) is 1. The topological polar surface area (TPSA) is 107 Å².